The Balaban J connectivity index is 1.60. The lowest BCUT2D eigenvalue weighted by Crippen LogP contribution is -2.58. The number of anilines is 1. The van der Waals surface area contributed by atoms with Crippen molar-refractivity contribution >= 4 is 52.3 Å². The van der Waals surface area contributed by atoms with Crippen LogP contribution >= 0.6 is 35.0 Å². The smallest absolute Gasteiger partial charge is 0.250 e. The molecule has 2 spiro atoms. The van der Waals surface area contributed by atoms with Gasteiger partial charge in [0.1, 0.15) is 5.54 Å². The standard InChI is InChI=1S/C27H20Cl2N2O2S/c28-19-10-5-8-17(23(19)29)22-21-13-34-14-31(21)27(18-9-3-4-11-20(18)30-25(27)33)26(22)12-15-6-1-2-7-16(15)24(26)32/h1-11,21-22H,12-14H2,(H,30,33)/t21-,22-,26-,27-/m0/s1. The molecule has 3 aliphatic heterocycles. The Bertz CT molecular complexity index is 1410. The van der Waals surface area contributed by atoms with Gasteiger partial charge in [0.2, 0.25) is 0 Å². The number of carbonyl (C=O) groups excluding carboxylic acids is 2. The average molecular weight is 507 g/mol. The van der Waals surface area contributed by atoms with Crippen LogP contribution in [0, 0.1) is 5.41 Å². The molecule has 4 aliphatic rings. The summed E-state index contributed by atoms with van der Waals surface area (Å²) in [6.45, 7) is 0. The van der Waals surface area contributed by atoms with Crippen LogP contribution in [0.4, 0.5) is 5.69 Å². The number of amides is 1. The minimum Gasteiger partial charge on any atom is -0.324 e. The highest BCUT2D eigenvalue weighted by atomic mass is 35.5. The van der Waals surface area contributed by atoms with Gasteiger partial charge in [0, 0.05) is 40.4 Å². The summed E-state index contributed by atoms with van der Waals surface area (Å²) in [4.78, 5) is 31.2. The molecule has 3 aromatic rings. The van der Waals surface area contributed by atoms with E-state index < -0.39 is 11.0 Å². The molecule has 1 aliphatic carbocycles. The Morgan fingerprint density at radius 3 is 2.62 bits per heavy atom. The predicted octanol–water partition coefficient (Wildman–Crippen LogP) is 5.74. The van der Waals surface area contributed by atoms with E-state index in [2.05, 4.69) is 10.2 Å². The van der Waals surface area contributed by atoms with Crippen LogP contribution in [0.3, 0.4) is 0 Å². The summed E-state index contributed by atoms with van der Waals surface area (Å²) in [6, 6.07) is 21.2. The van der Waals surface area contributed by atoms with Crippen molar-refractivity contribution in [2.24, 2.45) is 5.41 Å². The van der Waals surface area contributed by atoms with Crippen molar-refractivity contribution in [1.29, 1.82) is 0 Å². The Morgan fingerprint density at radius 1 is 0.971 bits per heavy atom. The summed E-state index contributed by atoms with van der Waals surface area (Å²) >= 11 is 15.1. The summed E-state index contributed by atoms with van der Waals surface area (Å²) in [5.74, 6) is 1.10. The van der Waals surface area contributed by atoms with E-state index in [1.165, 1.54) is 0 Å². The van der Waals surface area contributed by atoms with Gasteiger partial charge in [-0.25, -0.2) is 0 Å². The molecule has 0 bridgehead atoms. The molecule has 1 N–H and O–H groups in total. The van der Waals surface area contributed by atoms with Crippen molar-refractivity contribution < 1.29 is 9.59 Å². The van der Waals surface area contributed by atoms with E-state index in [0.29, 0.717) is 27.9 Å². The first-order valence-electron chi connectivity index (χ1n) is 11.3. The maximum absolute atomic E-state index is 14.7. The summed E-state index contributed by atoms with van der Waals surface area (Å²) in [5, 5.41) is 4.07. The maximum Gasteiger partial charge on any atom is 0.250 e. The second-order valence-corrected chi connectivity index (χ2v) is 11.3. The lowest BCUT2D eigenvalue weighted by atomic mass is 9.58. The maximum atomic E-state index is 14.7. The van der Waals surface area contributed by atoms with Crippen LogP contribution in [0.1, 0.15) is 33.0 Å². The number of fused-ring (bicyclic) bond motifs is 6. The Labute approximate surface area is 211 Å². The zero-order valence-corrected chi connectivity index (χ0v) is 20.4. The topological polar surface area (TPSA) is 49.4 Å². The number of ketones is 1. The third-order valence-electron chi connectivity index (χ3n) is 8.26. The number of nitrogens with one attached hydrogen (secondary N) is 1. The summed E-state index contributed by atoms with van der Waals surface area (Å²) in [5.41, 5.74) is 2.05. The van der Waals surface area contributed by atoms with Crippen molar-refractivity contribution in [2.75, 3.05) is 16.9 Å². The fourth-order valence-corrected chi connectivity index (χ4v) is 8.88. The van der Waals surface area contributed by atoms with Crippen LogP contribution in [0.15, 0.2) is 66.7 Å². The van der Waals surface area contributed by atoms with Gasteiger partial charge in [-0.05, 0) is 29.7 Å². The van der Waals surface area contributed by atoms with Crippen molar-refractivity contribution in [3.05, 3.63) is 99.0 Å². The molecule has 0 saturated carbocycles. The van der Waals surface area contributed by atoms with Crippen LogP contribution in [0.2, 0.25) is 10.0 Å². The molecule has 3 aromatic carbocycles. The molecule has 0 aromatic heterocycles. The van der Waals surface area contributed by atoms with E-state index in [9.17, 15) is 9.59 Å². The van der Waals surface area contributed by atoms with Gasteiger partial charge in [-0.2, -0.15) is 0 Å². The Morgan fingerprint density at radius 2 is 1.76 bits per heavy atom. The van der Waals surface area contributed by atoms with Gasteiger partial charge in [0.25, 0.3) is 5.91 Å². The van der Waals surface area contributed by atoms with Crippen molar-refractivity contribution in [3.8, 4) is 0 Å². The highest BCUT2D eigenvalue weighted by Crippen LogP contribution is 2.70. The van der Waals surface area contributed by atoms with Crippen LogP contribution < -0.4 is 5.32 Å². The first-order valence-corrected chi connectivity index (χ1v) is 13.2. The number of thioether (sulfide) groups is 1. The molecule has 4 nitrogen and oxygen atoms in total. The van der Waals surface area contributed by atoms with E-state index >= 15 is 0 Å². The second kappa shape index (κ2) is 7.11. The fraction of sp³-hybridized carbons (Fsp3) is 0.259. The van der Waals surface area contributed by atoms with Gasteiger partial charge >= 0.3 is 0 Å². The summed E-state index contributed by atoms with van der Waals surface area (Å²) < 4.78 is 0. The van der Waals surface area contributed by atoms with Gasteiger partial charge in [0.15, 0.2) is 5.78 Å². The predicted molar refractivity (Wildman–Crippen MR) is 136 cm³/mol. The van der Waals surface area contributed by atoms with Crippen molar-refractivity contribution in [1.82, 2.24) is 4.90 Å². The monoisotopic (exact) mass is 506 g/mol. The normalized spacial score (nSPS) is 31.2. The van der Waals surface area contributed by atoms with Crippen molar-refractivity contribution in [2.45, 2.75) is 23.9 Å². The number of nitrogens with zero attached hydrogens (tertiary/aromatic N) is 1. The van der Waals surface area contributed by atoms with Crippen LogP contribution in [-0.2, 0) is 16.8 Å². The molecule has 0 radical (unpaired) electrons. The molecule has 7 heteroatoms. The number of Topliss-reactive ketones (excluding diaryl/α,β-unsaturated/α-hetero) is 1. The van der Waals surface area contributed by atoms with Crippen LogP contribution in [0.25, 0.3) is 0 Å². The lowest BCUT2D eigenvalue weighted by molar-refractivity contribution is -0.130. The van der Waals surface area contributed by atoms with E-state index in [0.717, 1.165) is 28.1 Å². The first kappa shape index (κ1) is 21.0. The highest BCUT2D eigenvalue weighted by Gasteiger charge is 2.79. The number of hydrogen-bond donors (Lipinski definition) is 1. The zero-order chi connectivity index (χ0) is 23.2. The summed E-state index contributed by atoms with van der Waals surface area (Å²) in [6.07, 6.45) is 0.481. The zero-order valence-electron chi connectivity index (χ0n) is 18.1. The van der Waals surface area contributed by atoms with Gasteiger partial charge in [-0.1, -0.05) is 77.8 Å². The first-order chi connectivity index (χ1) is 16.5. The molecule has 2 saturated heterocycles. The van der Waals surface area contributed by atoms with Crippen molar-refractivity contribution in [3.63, 3.8) is 0 Å². The molecular weight excluding hydrogens is 487 g/mol. The molecule has 7 rings (SSSR count). The largest absolute Gasteiger partial charge is 0.324 e. The van der Waals surface area contributed by atoms with Gasteiger partial charge < -0.3 is 5.32 Å². The molecule has 170 valence electrons. The van der Waals surface area contributed by atoms with Crippen LogP contribution in [-0.4, -0.2) is 34.3 Å². The third-order valence-corrected chi connectivity index (χ3v) is 10.1. The number of para-hydroxylation sites is 1. The molecule has 3 heterocycles. The Kier molecular flexibility index (Phi) is 4.39. The van der Waals surface area contributed by atoms with E-state index in [4.69, 9.17) is 23.2 Å². The third kappa shape index (κ3) is 2.27. The molecule has 2 fully saturated rings. The number of halogens is 2. The van der Waals surface area contributed by atoms with E-state index in [1.807, 2.05) is 60.7 Å². The van der Waals surface area contributed by atoms with Gasteiger partial charge in [-0.15, -0.1) is 11.8 Å². The SMILES string of the molecule is O=C1Nc2ccccc2[C@]12N1CSC[C@H]1[C@H](c1cccc(Cl)c1Cl)[C@]21Cc2ccccc2C1=O. The number of rotatable bonds is 1. The Hall–Kier alpha value is -2.31. The molecule has 0 unspecified atom stereocenters. The molecule has 4 atom stereocenters. The fourth-order valence-electron chi connectivity index (χ4n) is 7.15. The minimum atomic E-state index is -1.12. The molecule has 1 amide bonds. The van der Waals surface area contributed by atoms with Gasteiger partial charge in [-0.3, -0.25) is 14.5 Å². The lowest BCUT2D eigenvalue weighted by Gasteiger charge is -2.44. The van der Waals surface area contributed by atoms with E-state index in [-0.39, 0.29) is 23.7 Å². The average Bonchev–Trinajstić information content (AvgIpc) is 3.55. The highest BCUT2D eigenvalue weighted by molar-refractivity contribution is 7.99. The van der Waals surface area contributed by atoms with Gasteiger partial charge in [0.05, 0.1) is 15.5 Å². The summed E-state index contributed by atoms with van der Waals surface area (Å²) in [7, 11) is 0. The number of benzene rings is 3. The molecular formula is C27H20Cl2N2O2S. The van der Waals surface area contributed by atoms with Crippen LogP contribution in [0.5, 0.6) is 0 Å². The number of carbonyl (C=O) groups is 2. The van der Waals surface area contributed by atoms with E-state index in [1.54, 1.807) is 17.8 Å². The molecule has 34 heavy (non-hydrogen) atoms. The number of hydrogen-bond acceptors (Lipinski definition) is 4. The minimum absolute atomic E-state index is 0.0235. The quantitative estimate of drug-likeness (QED) is 0.457. The second-order valence-electron chi connectivity index (χ2n) is 9.50.